The van der Waals surface area contributed by atoms with Crippen LogP contribution in [0.4, 0.5) is 0 Å². The SMILES string of the molecule is Clc1ccc(OCc2noc(Cn3cnnc3)n2)cc1. The van der Waals surface area contributed by atoms with Crippen molar-refractivity contribution in [3.63, 3.8) is 0 Å². The summed E-state index contributed by atoms with van der Waals surface area (Å²) >= 11 is 5.79. The second-order valence-corrected chi connectivity index (χ2v) is 4.42. The third kappa shape index (κ3) is 3.12. The molecule has 0 saturated heterocycles. The summed E-state index contributed by atoms with van der Waals surface area (Å²) < 4.78 is 12.4. The van der Waals surface area contributed by atoms with Gasteiger partial charge in [0.1, 0.15) is 24.9 Å². The van der Waals surface area contributed by atoms with Crippen LogP contribution in [0.1, 0.15) is 11.7 Å². The van der Waals surface area contributed by atoms with Gasteiger partial charge in [-0.25, -0.2) is 0 Å². The van der Waals surface area contributed by atoms with E-state index in [4.69, 9.17) is 20.9 Å². The highest BCUT2D eigenvalue weighted by molar-refractivity contribution is 6.30. The van der Waals surface area contributed by atoms with Crippen LogP contribution in [0, 0.1) is 0 Å². The molecule has 0 fully saturated rings. The molecular weight excluding hydrogens is 282 g/mol. The lowest BCUT2D eigenvalue weighted by Gasteiger charge is -2.02. The Balaban J connectivity index is 1.58. The maximum Gasteiger partial charge on any atom is 0.246 e. The van der Waals surface area contributed by atoms with Gasteiger partial charge in [-0.2, -0.15) is 4.98 Å². The van der Waals surface area contributed by atoms with Crippen LogP contribution >= 0.6 is 11.6 Å². The van der Waals surface area contributed by atoms with Gasteiger partial charge in [0.2, 0.25) is 11.7 Å². The topological polar surface area (TPSA) is 78.9 Å². The Kier molecular flexibility index (Phi) is 3.60. The molecule has 1 aromatic carbocycles. The number of nitrogens with zero attached hydrogens (tertiary/aromatic N) is 5. The van der Waals surface area contributed by atoms with Crippen molar-refractivity contribution in [1.29, 1.82) is 0 Å². The van der Waals surface area contributed by atoms with Crippen LogP contribution in [-0.4, -0.2) is 24.9 Å². The fourth-order valence-electron chi connectivity index (χ4n) is 1.55. The van der Waals surface area contributed by atoms with Gasteiger partial charge >= 0.3 is 0 Å². The van der Waals surface area contributed by atoms with Gasteiger partial charge in [0.15, 0.2) is 6.61 Å². The van der Waals surface area contributed by atoms with Gasteiger partial charge in [0.05, 0.1) is 0 Å². The van der Waals surface area contributed by atoms with Crippen molar-refractivity contribution in [1.82, 2.24) is 24.9 Å². The minimum atomic E-state index is 0.229. The van der Waals surface area contributed by atoms with Crippen LogP contribution in [0.5, 0.6) is 5.75 Å². The number of benzene rings is 1. The van der Waals surface area contributed by atoms with E-state index in [2.05, 4.69) is 20.3 Å². The van der Waals surface area contributed by atoms with Crippen LogP contribution in [0.3, 0.4) is 0 Å². The normalized spacial score (nSPS) is 10.7. The summed E-state index contributed by atoms with van der Waals surface area (Å²) in [4.78, 5) is 4.21. The molecule has 7 nitrogen and oxygen atoms in total. The molecule has 2 aromatic heterocycles. The molecule has 3 aromatic rings. The summed E-state index contributed by atoms with van der Waals surface area (Å²) in [6, 6.07) is 7.07. The van der Waals surface area contributed by atoms with E-state index in [0.717, 1.165) is 0 Å². The first-order chi connectivity index (χ1) is 9.79. The van der Waals surface area contributed by atoms with Crippen LogP contribution in [0.15, 0.2) is 41.4 Å². The third-order valence-corrected chi connectivity index (χ3v) is 2.73. The van der Waals surface area contributed by atoms with Crippen LogP contribution in [-0.2, 0) is 13.2 Å². The molecule has 3 rings (SSSR count). The van der Waals surface area contributed by atoms with Crippen molar-refractivity contribution in [3.8, 4) is 5.75 Å². The van der Waals surface area contributed by atoms with E-state index in [-0.39, 0.29) is 6.61 Å². The lowest BCUT2D eigenvalue weighted by Crippen LogP contribution is -1.99. The average molecular weight is 292 g/mol. The van der Waals surface area contributed by atoms with Gasteiger partial charge in [-0.1, -0.05) is 16.8 Å². The van der Waals surface area contributed by atoms with E-state index in [9.17, 15) is 0 Å². The zero-order chi connectivity index (χ0) is 13.8. The Morgan fingerprint density at radius 1 is 1.15 bits per heavy atom. The fraction of sp³-hybridized carbons (Fsp3) is 0.167. The molecule has 8 heteroatoms. The second-order valence-electron chi connectivity index (χ2n) is 3.98. The summed E-state index contributed by atoms with van der Waals surface area (Å²) in [6.07, 6.45) is 3.15. The summed E-state index contributed by atoms with van der Waals surface area (Å²) in [5, 5.41) is 11.9. The number of aromatic nitrogens is 5. The van der Waals surface area contributed by atoms with Crippen molar-refractivity contribution < 1.29 is 9.26 Å². The van der Waals surface area contributed by atoms with Gasteiger partial charge in [0.25, 0.3) is 0 Å². The van der Waals surface area contributed by atoms with Crippen molar-refractivity contribution in [2.45, 2.75) is 13.2 Å². The predicted octanol–water partition coefficient (Wildman–Crippen LogP) is 1.94. The molecule has 102 valence electrons. The first-order valence-corrected chi connectivity index (χ1v) is 6.19. The average Bonchev–Trinajstić information content (AvgIpc) is 3.11. The molecule has 0 aliphatic rings. The van der Waals surface area contributed by atoms with Gasteiger partial charge in [-0.15, -0.1) is 10.2 Å². The quantitative estimate of drug-likeness (QED) is 0.715. The van der Waals surface area contributed by atoms with Crippen LogP contribution in [0.2, 0.25) is 5.02 Å². The molecule has 0 radical (unpaired) electrons. The smallest absolute Gasteiger partial charge is 0.246 e. The van der Waals surface area contributed by atoms with Crippen molar-refractivity contribution in [3.05, 3.63) is 53.7 Å². The Labute approximate surface area is 119 Å². The summed E-state index contributed by atoms with van der Waals surface area (Å²) in [5.41, 5.74) is 0. The standard InChI is InChI=1S/C12H10ClN5O2/c13-9-1-3-10(4-2-9)19-6-11-16-12(20-17-11)5-18-7-14-15-8-18/h1-4,7-8H,5-6H2. The van der Waals surface area contributed by atoms with Crippen molar-refractivity contribution >= 4 is 11.6 Å². The Hall–Kier alpha value is -2.41. The van der Waals surface area contributed by atoms with E-state index in [0.29, 0.717) is 29.0 Å². The number of hydrogen-bond acceptors (Lipinski definition) is 6. The Morgan fingerprint density at radius 2 is 1.90 bits per heavy atom. The van der Waals surface area contributed by atoms with Gasteiger partial charge < -0.3 is 13.8 Å². The summed E-state index contributed by atoms with van der Waals surface area (Å²) in [7, 11) is 0. The highest BCUT2D eigenvalue weighted by Gasteiger charge is 2.07. The monoisotopic (exact) mass is 291 g/mol. The molecule has 0 bridgehead atoms. The van der Waals surface area contributed by atoms with Crippen molar-refractivity contribution in [2.75, 3.05) is 0 Å². The van der Waals surface area contributed by atoms with Crippen molar-refractivity contribution in [2.24, 2.45) is 0 Å². The molecule has 0 unspecified atom stereocenters. The van der Waals surface area contributed by atoms with E-state index < -0.39 is 0 Å². The maximum atomic E-state index is 5.79. The highest BCUT2D eigenvalue weighted by atomic mass is 35.5. The molecular formula is C12H10ClN5O2. The van der Waals surface area contributed by atoms with Gasteiger partial charge in [-0.3, -0.25) is 0 Å². The number of ether oxygens (including phenoxy) is 1. The summed E-state index contributed by atoms with van der Waals surface area (Å²) in [5.74, 6) is 1.64. The summed E-state index contributed by atoms with van der Waals surface area (Å²) in [6.45, 7) is 0.661. The largest absolute Gasteiger partial charge is 0.485 e. The first kappa shape index (κ1) is 12.6. The van der Waals surface area contributed by atoms with E-state index in [1.165, 1.54) is 0 Å². The van der Waals surface area contributed by atoms with E-state index in [1.807, 2.05) is 0 Å². The lowest BCUT2D eigenvalue weighted by molar-refractivity contribution is 0.285. The molecule has 20 heavy (non-hydrogen) atoms. The van der Waals surface area contributed by atoms with E-state index in [1.54, 1.807) is 41.5 Å². The van der Waals surface area contributed by atoms with Gasteiger partial charge in [0, 0.05) is 5.02 Å². The van der Waals surface area contributed by atoms with Crippen LogP contribution < -0.4 is 4.74 Å². The molecule has 0 aliphatic carbocycles. The Morgan fingerprint density at radius 3 is 2.65 bits per heavy atom. The lowest BCUT2D eigenvalue weighted by atomic mass is 10.3. The zero-order valence-corrected chi connectivity index (χ0v) is 11.1. The minimum absolute atomic E-state index is 0.229. The Bertz CT molecular complexity index is 665. The maximum absolute atomic E-state index is 5.79. The zero-order valence-electron chi connectivity index (χ0n) is 10.3. The third-order valence-electron chi connectivity index (χ3n) is 2.48. The van der Waals surface area contributed by atoms with Gasteiger partial charge in [-0.05, 0) is 24.3 Å². The molecule has 2 heterocycles. The number of halogens is 1. The number of hydrogen-bond donors (Lipinski definition) is 0. The molecule has 0 spiro atoms. The minimum Gasteiger partial charge on any atom is -0.485 e. The van der Waals surface area contributed by atoms with E-state index >= 15 is 0 Å². The fourth-order valence-corrected chi connectivity index (χ4v) is 1.68. The molecule has 0 amide bonds. The highest BCUT2D eigenvalue weighted by Crippen LogP contribution is 2.16. The number of rotatable bonds is 5. The molecule has 0 saturated carbocycles. The predicted molar refractivity (Wildman–Crippen MR) is 69.2 cm³/mol. The molecule has 0 aliphatic heterocycles. The molecule has 0 N–H and O–H groups in total. The molecule has 0 atom stereocenters. The van der Waals surface area contributed by atoms with Crippen LogP contribution in [0.25, 0.3) is 0 Å². The second kappa shape index (κ2) is 5.70. The first-order valence-electron chi connectivity index (χ1n) is 5.82.